The Morgan fingerprint density at radius 2 is 1.54 bits per heavy atom. The zero-order valence-electron chi connectivity index (χ0n) is 6.79. The van der Waals surface area contributed by atoms with E-state index in [2.05, 4.69) is 0 Å². The van der Waals surface area contributed by atoms with E-state index in [1.807, 2.05) is 0 Å². The number of carboxylic acid groups (broad SMARTS) is 1. The van der Waals surface area contributed by atoms with Crippen molar-refractivity contribution in [2.45, 2.75) is 36.8 Å². The van der Waals surface area contributed by atoms with Gasteiger partial charge in [-0.05, 0) is 0 Å². The monoisotopic (exact) mass is 192 g/mol. The minimum Gasteiger partial charge on any atom is -0.479 e. The van der Waals surface area contributed by atoms with Crippen LogP contribution in [0.2, 0.25) is 0 Å². The smallest absolute Gasteiger partial charge is 0.335 e. The van der Waals surface area contributed by atoms with Gasteiger partial charge in [0.25, 0.3) is 0 Å². The van der Waals surface area contributed by atoms with Crippen LogP contribution < -0.4 is 0 Å². The molecule has 2 unspecified atom stereocenters. The predicted octanol–water partition coefficient (Wildman–Crippen LogP) is -2.32. The number of aliphatic hydroxyl groups is 4. The molecule has 4 atom stereocenters. The van der Waals surface area contributed by atoms with Crippen LogP contribution in [0.15, 0.2) is 0 Å². The molecule has 13 heavy (non-hydrogen) atoms. The van der Waals surface area contributed by atoms with Gasteiger partial charge in [-0.2, -0.15) is 0 Å². The van der Waals surface area contributed by atoms with Crippen LogP contribution in [0.1, 0.15) is 12.8 Å². The number of rotatable bonds is 1. The summed E-state index contributed by atoms with van der Waals surface area (Å²) in [5, 5.41) is 45.2. The molecule has 0 bridgehead atoms. The van der Waals surface area contributed by atoms with Crippen LogP contribution in [0, 0.1) is 0 Å². The molecule has 5 N–H and O–H groups in total. The van der Waals surface area contributed by atoms with Crippen molar-refractivity contribution < 1.29 is 30.3 Å². The van der Waals surface area contributed by atoms with Crippen molar-refractivity contribution in [2.75, 3.05) is 0 Å². The molecule has 0 aromatic heterocycles. The largest absolute Gasteiger partial charge is 0.479 e. The van der Waals surface area contributed by atoms with Gasteiger partial charge in [-0.15, -0.1) is 0 Å². The lowest BCUT2D eigenvalue weighted by atomic mass is 9.80. The van der Waals surface area contributed by atoms with Crippen LogP contribution in [-0.2, 0) is 4.79 Å². The highest BCUT2D eigenvalue weighted by Gasteiger charge is 2.48. The summed E-state index contributed by atoms with van der Waals surface area (Å²) in [5.74, 6) is -1.50. The third-order valence-corrected chi connectivity index (χ3v) is 2.28. The van der Waals surface area contributed by atoms with Gasteiger partial charge in [0.05, 0.1) is 12.2 Å². The molecular weight excluding hydrogens is 180 g/mol. The maximum Gasteiger partial charge on any atom is 0.335 e. The average Bonchev–Trinajstić information content (AvgIpc) is 2.00. The van der Waals surface area contributed by atoms with Gasteiger partial charge in [0.15, 0.2) is 5.60 Å². The molecule has 0 aliphatic heterocycles. The van der Waals surface area contributed by atoms with Crippen LogP contribution in [0.25, 0.3) is 0 Å². The van der Waals surface area contributed by atoms with Crippen LogP contribution in [0.4, 0.5) is 0 Å². The van der Waals surface area contributed by atoms with Gasteiger partial charge in [-0.1, -0.05) is 0 Å². The van der Waals surface area contributed by atoms with E-state index in [1.54, 1.807) is 0 Å². The lowest BCUT2D eigenvalue weighted by Gasteiger charge is -2.37. The van der Waals surface area contributed by atoms with Gasteiger partial charge < -0.3 is 25.5 Å². The maximum absolute atomic E-state index is 10.5. The second-order valence-electron chi connectivity index (χ2n) is 3.37. The second-order valence-corrected chi connectivity index (χ2v) is 3.37. The Bertz CT molecular complexity index is 203. The Morgan fingerprint density at radius 1 is 1.15 bits per heavy atom. The van der Waals surface area contributed by atoms with E-state index in [0.717, 1.165) is 0 Å². The number of hydrogen-bond acceptors (Lipinski definition) is 5. The predicted molar refractivity (Wildman–Crippen MR) is 39.8 cm³/mol. The highest BCUT2D eigenvalue weighted by Crippen LogP contribution is 2.29. The van der Waals surface area contributed by atoms with Crippen LogP contribution >= 0.6 is 0 Å². The average molecular weight is 192 g/mol. The summed E-state index contributed by atoms with van der Waals surface area (Å²) >= 11 is 0. The van der Waals surface area contributed by atoms with Crippen LogP contribution in [-0.4, -0.2) is 55.4 Å². The lowest BCUT2D eigenvalue weighted by molar-refractivity contribution is -0.187. The highest BCUT2D eigenvalue weighted by molar-refractivity contribution is 5.77. The van der Waals surface area contributed by atoms with Crippen LogP contribution in [0.3, 0.4) is 0 Å². The fraction of sp³-hybridized carbons (Fsp3) is 0.857. The summed E-state index contributed by atoms with van der Waals surface area (Å²) in [6.45, 7) is 0. The molecule has 1 saturated carbocycles. The normalized spacial score (nSPS) is 46.0. The number of aliphatic carboxylic acids is 1. The molecule has 0 saturated heterocycles. The summed E-state index contributed by atoms with van der Waals surface area (Å²) in [6, 6.07) is 0. The first-order chi connectivity index (χ1) is 5.87. The SMILES string of the molecule is O=C(O)C1(O)C[C@@H](O)C(O)[C@@H](O)C1. The minimum absolute atomic E-state index is 0.472. The molecule has 1 rings (SSSR count). The molecule has 0 amide bonds. The van der Waals surface area contributed by atoms with Crippen molar-refractivity contribution >= 4 is 5.97 Å². The third kappa shape index (κ3) is 1.80. The maximum atomic E-state index is 10.5. The van der Waals surface area contributed by atoms with E-state index in [9.17, 15) is 9.90 Å². The van der Waals surface area contributed by atoms with Crippen LogP contribution in [0.5, 0.6) is 0 Å². The van der Waals surface area contributed by atoms with E-state index in [1.165, 1.54) is 0 Å². The summed E-state index contributed by atoms with van der Waals surface area (Å²) < 4.78 is 0. The van der Waals surface area contributed by atoms with Crippen molar-refractivity contribution in [3.8, 4) is 0 Å². The number of carboxylic acids is 1. The molecular formula is C7H12O6. The van der Waals surface area contributed by atoms with Crippen molar-refractivity contribution in [1.29, 1.82) is 0 Å². The number of aliphatic hydroxyl groups excluding tert-OH is 3. The number of carbonyl (C=O) groups is 1. The molecule has 1 aliphatic carbocycles. The lowest BCUT2D eigenvalue weighted by Crippen LogP contribution is -2.56. The van der Waals surface area contributed by atoms with Gasteiger partial charge in [-0.25, -0.2) is 4.79 Å². The Balaban J connectivity index is 2.79. The van der Waals surface area contributed by atoms with E-state index < -0.39 is 42.7 Å². The van der Waals surface area contributed by atoms with Crippen molar-refractivity contribution in [1.82, 2.24) is 0 Å². The third-order valence-electron chi connectivity index (χ3n) is 2.28. The first kappa shape index (κ1) is 10.4. The Labute approximate surface area is 74.1 Å². The standard InChI is InChI=1S/C7H12O6/c8-3-1-7(13,6(11)12)2-4(9)5(3)10/h3-5,8-10,13H,1-2H2,(H,11,12)/t3-,4+,5?,7?. The fourth-order valence-electron chi connectivity index (χ4n) is 1.45. The Kier molecular flexibility index (Phi) is 2.58. The zero-order chi connectivity index (χ0) is 10.2. The Morgan fingerprint density at radius 3 is 1.85 bits per heavy atom. The van der Waals surface area contributed by atoms with Crippen molar-refractivity contribution in [3.63, 3.8) is 0 Å². The van der Waals surface area contributed by atoms with E-state index in [-0.39, 0.29) is 0 Å². The van der Waals surface area contributed by atoms with Gasteiger partial charge in [0.1, 0.15) is 6.10 Å². The van der Waals surface area contributed by atoms with Gasteiger partial charge in [0, 0.05) is 12.8 Å². The minimum atomic E-state index is -2.14. The quantitative estimate of drug-likeness (QED) is 0.318. The fourth-order valence-corrected chi connectivity index (χ4v) is 1.45. The van der Waals surface area contributed by atoms with E-state index in [4.69, 9.17) is 20.4 Å². The van der Waals surface area contributed by atoms with Gasteiger partial charge >= 0.3 is 5.97 Å². The molecule has 1 aliphatic rings. The summed E-state index contributed by atoms with van der Waals surface area (Å²) in [4.78, 5) is 10.5. The van der Waals surface area contributed by atoms with E-state index in [0.29, 0.717) is 0 Å². The topological polar surface area (TPSA) is 118 Å². The summed E-state index contributed by atoms with van der Waals surface area (Å²) in [7, 11) is 0. The molecule has 6 heteroatoms. The summed E-state index contributed by atoms with van der Waals surface area (Å²) in [6.07, 6.45) is -5.16. The first-order valence-electron chi connectivity index (χ1n) is 3.87. The van der Waals surface area contributed by atoms with E-state index >= 15 is 0 Å². The first-order valence-corrected chi connectivity index (χ1v) is 3.87. The highest BCUT2D eigenvalue weighted by atomic mass is 16.4. The molecule has 0 heterocycles. The summed E-state index contributed by atoms with van der Waals surface area (Å²) in [5.41, 5.74) is -2.14. The van der Waals surface area contributed by atoms with Crippen molar-refractivity contribution in [2.24, 2.45) is 0 Å². The number of hydrogen-bond donors (Lipinski definition) is 5. The molecule has 1 fully saturated rings. The molecule has 0 radical (unpaired) electrons. The molecule has 0 spiro atoms. The zero-order valence-corrected chi connectivity index (χ0v) is 6.79. The Hall–Kier alpha value is -0.690. The van der Waals surface area contributed by atoms with Gasteiger partial charge in [0.2, 0.25) is 0 Å². The van der Waals surface area contributed by atoms with Gasteiger partial charge in [-0.3, -0.25) is 0 Å². The molecule has 0 aromatic carbocycles. The molecule has 76 valence electrons. The second kappa shape index (κ2) is 3.22. The molecule has 6 nitrogen and oxygen atoms in total. The molecule has 0 aromatic rings. The van der Waals surface area contributed by atoms with Crippen molar-refractivity contribution in [3.05, 3.63) is 0 Å².